The zero-order chi connectivity index (χ0) is 20.5. The Labute approximate surface area is 165 Å². The summed E-state index contributed by atoms with van der Waals surface area (Å²) in [6.07, 6.45) is 0.0673. The number of hydrogen-bond donors (Lipinski definition) is 1. The van der Waals surface area contributed by atoms with Crippen LogP contribution in [0, 0.1) is 10.1 Å². The fraction of sp³-hybridized carbons (Fsp3) is 0.158. The maximum Gasteiger partial charge on any atom is 0.332 e. The van der Waals surface area contributed by atoms with Crippen molar-refractivity contribution in [1.82, 2.24) is 0 Å². The van der Waals surface area contributed by atoms with E-state index in [1.165, 1.54) is 50.1 Å². The average Bonchev–Trinajstić information content (AvgIpc) is 2.68. The highest BCUT2D eigenvalue weighted by Crippen LogP contribution is 2.29. The predicted molar refractivity (Wildman–Crippen MR) is 105 cm³/mol. The first kappa shape index (κ1) is 21.0. The summed E-state index contributed by atoms with van der Waals surface area (Å²) in [6, 6.07) is 13.4. The molecule has 1 atom stereocenters. The van der Waals surface area contributed by atoms with Gasteiger partial charge >= 0.3 is 5.97 Å². The first-order valence-electron chi connectivity index (χ1n) is 8.13. The molecule has 0 fully saturated rings. The molecule has 0 aliphatic rings. The van der Waals surface area contributed by atoms with E-state index in [1.54, 1.807) is 5.41 Å². The van der Waals surface area contributed by atoms with Crippen LogP contribution in [0.15, 0.2) is 64.9 Å². The molecule has 9 heteroatoms. The number of hydrogen-bond acceptors (Lipinski definition) is 7. The number of nitrogens with zero attached hydrogens (tertiary/aromatic N) is 1. The van der Waals surface area contributed by atoms with Crippen molar-refractivity contribution in [2.24, 2.45) is 0 Å². The number of methoxy groups -OCH3 is 1. The van der Waals surface area contributed by atoms with Gasteiger partial charge in [0.25, 0.3) is 11.6 Å². The highest BCUT2D eigenvalue weighted by Gasteiger charge is 2.22. The Morgan fingerprint density at radius 3 is 2.57 bits per heavy atom. The van der Waals surface area contributed by atoms with E-state index in [1.807, 2.05) is 30.3 Å². The number of rotatable bonds is 8. The second-order valence-electron chi connectivity index (χ2n) is 5.44. The molecule has 0 unspecified atom stereocenters. The normalized spacial score (nSPS) is 11.6. The number of thioether (sulfide) groups is 1. The van der Waals surface area contributed by atoms with Crippen LogP contribution < -0.4 is 10.1 Å². The molecule has 0 aliphatic carbocycles. The molecule has 0 heterocycles. The molecule has 0 radical (unpaired) electrons. The van der Waals surface area contributed by atoms with Crippen LogP contribution in [0.25, 0.3) is 0 Å². The van der Waals surface area contributed by atoms with E-state index in [0.717, 1.165) is 4.90 Å². The van der Waals surface area contributed by atoms with Crippen LogP contribution in [0.5, 0.6) is 5.75 Å². The third kappa shape index (κ3) is 6.13. The molecule has 0 bridgehead atoms. The third-order valence-corrected chi connectivity index (χ3v) is 4.29. The lowest BCUT2D eigenvalue weighted by molar-refractivity contribution is -0.384. The van der Waals surface area contributed by atoms with E-state index in [-0.39, 0.29) is 17.1 Å². The SMILES string of the molecule is COc1ccc(NC(=O)[C@H](C)OC(=O)/C=C/Sc2ccccc2)c([N+](=O)[O-])c1. The van der Waals surface area contributed by atoms with Crippen molar-refractivity contribution in [2.45, 2.75) is 17.9 Å². The summed E-state index contributed by atoms with van der Waals surface area (Å²) in [7, 11) is 1.38. The first-order chi connectivity index (χ1) is 13.4. The second kappa shape index (κ2) is 10.1. The monoisotopic (exact) mass is 402 g/mol. The number of nitrogens with one attached hydrogen (secondary N) is 1. The number of ether oxygens (including phenoxy) is 2. The molecule has 0 aromatic heterocycles. The molecule has 8 nitrogen and oxygen atoms in total. The van der Waals surface area contributed by atoms with Gasteiger partial charge in [0.05, 0.1) is 18.1 Å². The van der Waals surface area contributed by atoms with Gasteiger partial charge in [-0.05, 0) is 36.6 Å². The van der Waals surface area contributed by atoms with Gasteiger partial charge < -0.3 is 14.8 Å². The Balaban J connectivity index is 1.93. The van der Waals surface area contributed by atoms with Crippen molar-refractivity contribution in [3.63, 3.8) is 0 Å². The quantitative estimate of drug-likeness (QED) is 0.235. The number of amides is 1. The zero-order valence-electron chi connectivity index (χ0n) is 15.2. The van der Waals surface area contributed by atoms with Gasteiger partial charge in [-0.25, -0.2) is 4.79 Å². The topological polar surface area (TPSA) is 108 Å². The Hall–Kier alpha value is -3.33. The number of nitro groups is 1. The summed E-state index contributed by atoms with van der Waals surface area (Å²) >= 11 is 1.33. The van der Waals surface area contributed by atoms with Crippen LogP contribution in [-0.4, -0.2) is 30.0 Å². The average molecular weight is 402 g/mol. The maximum absolute atomic E-state index is 12.2. The summed E-state index contributed by atoms with van der Waals surface area (Å²) < 4.78 is 9.96. The fourth-order valence-corrected chi connectivity index (χ4v) is 2.71. The highest BCUT2D eigenvalue weighted by atomic mass is 32.2. The van der Waals surface area contributed by atoms with Crippen LogP contribution in [0.4, 0.5) is 11.4 Å². The van der Waals surface area contributed by atoms with E-state index in [2.05, 4.69) is 5.32 Å². The molecule has 0 saturated heterocycles. The molecule has 0 spiro atoms. The Bertz CT molecular complexity index is 885. The minimum atomic E-state index is -1.14. The number of carbonyl (C=O) groups is 2. The van der Waals surface area contributed by atoms with Gasteiger partial charge in [-0.15, -0.1) is 0 Å². The molecule has 1 N–H and O–H groups in total. The van der Waals surface area contributed by atoms with Gasteiger partial charge in [0.2, 0.25) is 0 Å². The molecule has 0 aliphatic heterocycles. The van der Waals surface area contributed by atoms with Crippen LogP contribution >= 0.6 is 11.8 Å². The zero-order valence-corrected chi connectivity index (χ0v) is 16.0. The molecule has 28 heavy (non-hydrogen) atoms. The number of benzene rings is 2. The summed E-state index contributed by atoms with van der Waals surface area (Å²) in [4.78, 5) is 35.5. The lowest BCUT2D eigenvalue weighted by atomic mass is 10.2. The Kier molecular flexibility index (Phi) is 7.58. The minimum absolute atomic E-state index is 0.0196. The van der Waals surface area contributed by atoms with Crippen LogP contribution in [0.3, 0.4) is 0 Å². The first-order valence-corrected chi connectivity index (χ1v) is 9.01. The summed E-state index contributed by atoms with van der Waals surface area (Å²) in [5, 5.41) is 15.1. The molecule has 0 saturated carbocycles. The summed E-state index contributed by atoms with van der Waals surface area (Å²) in [5.74, 6) is -1.11. The summed E-state index contributed by atoms with van der Waals surface area (Å²) in [6.45, 7) is 1.38. The Morgan fingerprint density at radius 2 is 1.93 bits per heavy atom. The largest absolute Gasteiger partial charge is 0.496 e. The number of anilines is 1. The predicted octanol–water partition coefficient (Wildman–Crippen LogP) is 3.78. The number of carbonyl (C=O) groups excluding carboxylic acids is 2. The lowest BCUT2D eigenvalue weighted by Crippen LogP contribution is -2.29. The fourth-order valence-electron chi connectivity index (χ4n) is 2.06. The van der Waals surface area contributed by atoms with Crippen LogP contribution in [-0.2, 0) is 14.3 Å². The van der Waals surface area contributed by atoms with E-state index in [9.17, 15) is 19.7 Å². The van der Waals surface area contributed by atoms with Crippen molar-refractivity contribution in [1.29, 1.82) is 0 Å². The van der Waals surface area contributed by atoms with E-state index in [0.29, 0.717) is 0 Å². The second-order valence-corrected chi connectivity index (χ2v) is 6.42. The molecule has 2 rings (SSSR count). The third-order valence-electron chi connectivity index (χ3n) is 3.47. The van der Waals surface area contributed by atoms with Gasteiger partial charge in [0.1, 0.15) is 11.4 Å². The highest BCUT2D eigenvalue weighted by molar-refractivity contribution is 8.02. The summed E-state index contributed by atoms with van der Waals surface area (Å²) in [5.41, 5.74) is -0.348. The van der Waals surface area contributed by atoms with Crippen molar-refractivity contribution in [2.75, 3.05) is 12.4 Å². The van der Waals surface area contributed by atoms with E-state index in [4.69, 9.17) is 9.47 Å². The van der Waals surface area contributed by atoms with Gasteiger partial charge in [0, 0.05) is 11.0 Å². The van der Waals surface area contributed by atoms with Crippen molar-refractivity contribution in [3.05, 3.63) is 70.1 Å². The number of esters is 1. The smallest absolute Gasteiger partial charge is 0.332 e. The molecular weight excluding hydrogens is 384 g/mol. The van der Waals surface area contributed by atoms with E-state index >= 15 is 0 Å². The van der Waals surface area contributed by atoms with Gasteiger partial charge in [-0.2, -0.15) is 0 Å². The lowest BCUT2D eigenvalue weighted by Gasteiger charge is -2.13. The van der Waals surface area contributed by atoms with E-state index < -0.39 is 22.9 Å². The van der Waals surface area contributed by atoms with Crippen molar-refractivity contribution in [3.8, 4) is 5.75 Å². The minimum Gasteiger partial charge on any atom is -0.496 e. The van der Waals surface area contributed by atoms with Crippen LogP contribution in [0.2, 0.25) is 0 Å². The van der Waals surface area contributed by atoms with Crippen LogP contribution in [0.1, 0.15) is 6.92 Å². The molecule has 2 aromatic carbocycles. The number of nitro benzene ring substituents is 1. The molecule has 2 aromatic rings. The van der Waals surface area contributed by atoms with Crippen molar-refractivity contribution < 1.29 is 24.0 Å². The molecular formula is C19H18N2O6S. The maximum atomic E-state index is 12.2. The standard InChI is InChI=1S/C19H18N2O6S/c1-13(27-18(22)10-11-28-15-6-4-3-5-7-15)19(23)20-16-9-8-14(26-2)12-17(16)21(24)25/h3-13H,1-2H3,(H,20,23)/b11-10+/t13-/m0/s1. The Morgan fingerprint density at radius 1 is 1.21 bits per heavy atom. The molecule has 1 amide bonds. The van der Waals surface area contributed by atoms with Crippen molar-refractivity contribution >= 4 is 35.0 Å². The van der Waals surface area contributed by atoms with Gasteiger partial charge in [-0.1, -0.05) is 30.0 Å². The molecule has 146 valence electrons. The van der Waals surface area contributed by atoms with Gasteiger partial charge in [-0.3, -0.25) is 14.9 Å². The van der Waals surface area contributed by atoms with Gasteiger partial charge in [0.15, 0.2) is 6.10 Å².